The Kier molecular flexibility index (Phi) is 6.28. The molecule has 1 N–H and O–H groups in total. The maximum absolute atomic E-state index is 13.3. The van der Waals surface area contributed by atoms with E-state index in [9.17, 15) is 14.7 Å². The van der Waals surface area contributed by atoms with Crippen molar-refractivity contribution in [3.63, 3.8) is 0 Å². The van der Waals surface area contributed by atoms with Crippen molar-refractivity contribution in [3.05, 3.63) is 87.3 Å². The van der Waals surface area contributed by atoms with Crippen molar-refractivity contribution < 1.29 is 23.8 Å². The number of ether oxygens (including phenoxy) is 1. The van der Waals surface area contributed by atoms with E-state index in [-0.39, 0.29) is 17.3 Å². The van der Waals surface area contributed by atoms with Gasteiger partial charge in [-0.3, -0.25) is 14.5 Å². The van der Waals surface area contributed by atoms with Crippen LogP contribution in [-0.4, -0.2) is 23.9 Å². The molecule has 1 fully saturated rings. The Morgan fingerprint density at radius 3 is 2.32 bits per heavy atom. The number of carbonyl (C=O) groups excluding carboxylic acids is 2. The standard InChI is InChI=1S/C27H26ClNO5/c1-14(2)19-13-20(15(3)12-22(19)33-5)25(30)23-24(21-11-6-16(4)34-21)29(27(32)26(23)31)18-9-7-17(28)8-10-18/h6-14,24,30H,1-5H3/b25-23+. The first-order chi connectivity index (χ1) is 16.1. The molecule has 7 heteroatoms. The fraction of sp³-hybridized carbons (Fsp3) is 0.259. The summed E-state index contributed by atoms with van der Waals surface area (Å²) in [5.74, 6) is 0.0238. The summed E-state index contributed by atoms with van der Waals surface area (Å²) in [5.41, 5.74) is 2.50. The first-order valence-electron chi connectivity index (χ1n) is 11.0. The summed E-state index contributed by atoms with van der Waals surface area (Å²) in [7, 11) is 1.59. The van der Waals surface area contributed by atoms with Crippen molar-refractivity contribution in [2.24, 2.45) is 0 Å². The highest BCUT2D eigenvalue weighted by Crippen LogP contribution is 2.44. The summed E-state index contributed by atoms with van der Waals surface area (Å²) in [6.07, 6.45) is 0. The lowest BCUT2D eigenvalue weighted by molar-refractivity contribution is -0.132. The summed E-state index contributed by atoms with van der Waals surface area (Å²) in [4.78, 5) is 27.9. The number of hydrogen-bond donors (Lipinski definition) is 1. The lowest BCUT2D eigenvalue weighted by Gasteiger charge is -2.24. The number of furan rings is 1. The highest BCUT2D eigenvalue weighted by atomic mass is 35.5. The van der Waals surface area contributed by atoms with Gasteiger partial charge in [0.2, 0.25) is 0 Å². The monoisotopic (exact) mass is 479 g/mol. The van der Waals surface area contributed by atoms with Gasteiger partial charge in [0, 0.05) is 16.3 Å². The van der Waals surface area contributed by atoms with Gasteiger partial charge >= 0.3 is 0 Å². The summed E-state index contributed by atoms with van der Waals surface area (Å²) >= 11 is 6.03. The average molecular weight is 480 g/mol. The molecule has 0 radical (unpaired) electrons. The molecule has 1 aliphatic heterocycles. The number of amides is 1. The van der Waals surface area contributed by atoms with Crippen molar-refractivity contribution in [1.82, 2.24) is 0 Å². The fourth-order valence-electron chi connectivity index (χ4n) is 4.30. The number of methoxy groups -OCH3 is 1. The molecule has 0 bridgehead atoms. The van der Waals surface area contributed by atoms with E-state index in [1.54, 1.807) is 50.4 Å². The maximum atomic E-state index is 13.3. The number of Topliss-reactive ketones (excluding diaryl/α,β-unsaturated/α-hetero) is 1. The zero-order valence-corrected chi connectivity index (χ0v) is 20.4. The van der Waals surface area contributed by atoms with Crippen LogP contribution >= 0.6 is 11.6 Å². The highest BCUT2D eigenvalue weighted by Gasteiger charge is 2.48. The van der Waals surface area contributed by atoms with Crippen molar-refractivity contribution >= 4 is 34.7 Å². The summed E-state index contributed by atoms with van der Waals surface area (Å²) in [6, 6.07) is 12.8. The van der Waals surface area contributed by atoms with Gasteiger partial charge in [-0.1, -0.05) is 25.4 Å². The molecule has 1 aromatic heterocycles. The van der Waals surface area contributed by atoms with Crippen LogP contribution in [0, 0.1) is 13.8 Å². The smallest absolute Gasteiger partial charge is 0.300 e. The van der Waals surface area contributed by atoms with Crippen LogP contribution < -0.4 is 9.64 Å². The maximum Gasteiger partial charge on any atom is 0.300 e. The quantitative estimate of drug-likeness (QED) is 0.263. The van der Waals surface area contributed by atoms with Crippen molar-refractivity contribution in [2.45, 2.75) is 39.7 Å². The van der Waals surface area contributed by atoms with E-state index in [4.69, 9.17) is 20.8 Å². The molecule has 0 saturated carbocycles. The number of ketones is 1. The molecule has 1 aliphatic rings. The minimum Gasteiger partial charge on any atom is -0.507 e. The van der Waals surface area contributed by atoms with Gasteiger partial charge in [0.15, 0.2) is 0 Å². The van der Waals surface area contributed by atoms with Crippen LogP contribution in [0.2, 0.25) is 5.02 Å². The summed E-state index contributed by atoms with van der Waals surface area (Å²) in [5, 5.41) is 12.0. The van der Waals surface area contributed by atoms with Gasteiger partial charge < -0.3 is 14.3 Å². The van der Waals surface area contributed by atoms with E-state index in [0.29, 0.717) is 39.1 Å². The number of rotatable bonds is 5. The van der Waals surface area contributed by atoms with Gasteiger partial charge in [0.1, 0.15) is 29.1 Å². The van der Waals surface area contributed by atoms with Crippen LogP contribution in [-0.2, 0) is 9.59 Å². The van der Waals surface area contributed by atoms with Crippen LogP contribution in [0.5, 0.6) is 5.75 Å². The second-order valence-corrected chi connectivity index (χ2v) is 9.09. The van der Waals surface area contributed by atoms with E-state index >= 15 is 0 Å². The van der Waals surface area contributed by atoms with E-state index < -0.39 is 17.7 Å². The minimum absolute atomic E-state index is 0.0303. The molecule has 1 unspecified atom stereocenters. The van der Waals surface area contributed by atoms with Gasteiger partial charge in [0.25, 0.3) is 11.7 Å². The predicted octanol–water partition coefficient (Wildman–Crippen LogP) is 6.31. The van der Waals surface area contributed by atoms with Crippen LogP contribution in [0.15, 0.2) is 58.5 Å². The van der Waals surface area contributed by atoms with Gasteiger partial charge in [-0.2, -0.15) is 0 Å². The third-order valence-corrected chi connectivity index (χ3v) is 6.29. The van der Waals surface area contributed by atoms with Crippen molar-refractivity contribution in [1.29, 1.82) is 0 Å². The summed E-state index contributed by atoms with van der Waals surface area (Å²) in [6.45, 7) is 7.63. The molecule has 1 amide bonds. The Labute approximate surface area is 203 Å². The number of hydrogen-bond acceptors (Lipinski definition) is 5. The molecule has 1 saturated heterocycles. The second kappa shape index (κ2) is 9.03. The molecule has 0 aliphatic carbocycles. The molecule has 2 heterocycles. The molecule has 2 aromatic carbocycles. The molecule has 1 atom stereocenters. The number of aryl methyl sites for hydroxylation is 2. The third kappa shape index (κ3) is 3.99. The lowest BCUT2D eigenvalue weighted by atomic mass is 9.92. The highest BCUT2D eigenvalue weighted by molar-refractivity contribution is 6.51. The number of halogens is 1. The van der Waals surface area contributed by atoms with Crippen molar-refractivity contribution in [3.8, 4) is 5.75 Å². The van der Waals surface area contributed by atoms with Crippen LogP contribution in [0.3, 0.4) is 0 Å². The Morgan fingerprint density at radius 1 is 1.09 bits per heavy atom. The fourth-order valence-corrected chi connectivity index (χ4v) is 4.42. The zero-order chi connectivity index (χ0) is 24.7. The second-order valence-electron chi connectivity index (χ2n) is 8.66. The number of nitrogens with zero attached hydrogens (tertiary/aromatic N) is 1. The predicted molar refractivity (Wildman–Crippen MR) is 131 cm³/mol. The van der Waals surface area contributed by atoms with E-state index in [1.807, 2.05) is 32.9 Å². The first kappa shape index (κ1) is 23.6. The van der Waals surface area contributed by atoms with Crippen molar-refractivity contribution in [2.75, 3.05) is 12.0 Å². The molecular weight excluding hydrogens is 454 g/mol. The van der Waals surface area contributed by atoms with Crippen LogP contribution in [0.1, 0.15) is 54.0 Å². The molecule has 34 heavy (non-hydrogen) atoms. The van der Waals surface area contributed by atoms with E-state index in [0.717, 1.165) is 5.56 Å². The topological polar surface area (TPSA) is 80.0 Å². The van der Waals surface area contributed by atoms with Gasteiger partial charge in [-0.25, -0.2) is 0 Å². The van der Waals surface area contributed by atoms with Crippen LogP contribution in [0.25, 0.3) is 5.76 Å². The minimum atomic E-state index is -0.932. The number of aliphatic hydroxyl groups excluding tert-OH is 1. The Hall–Kier alpha value is -3.51. The van der Waals surface area contributed by atoms with E-state index in [1.165, 1.54) is 4.90 Å². The molecule has 4 rings (SSSR count). The molecule has 0 spiro atoms. The number of benzene rings is 2. The Bertz CT molecular complexity index is 1300. The summed E-state index contributed by atoms with van der Waals surface area (Å²) < 4.78 is 11.4. The van der Waals surface area contributed by atoms with Gasteiger partial charge in [-0.15, -0.1) is 0 Å². The molecule has 3 aromatic rings. The van der Waals surface area contributed by atoms with Crippen LogP contribution in [0.4, 0.5) is 5.69 Å². The molecular formula is C27H26ClNO5. The number of aliphatic hydroxyl groups is 1. The lowest BCUT2D eigenvalue weighted by Crippen LogP contribution is -2.29. The first-order valence-corrected chi connectivity index (χ1v) is 11.3. The number of anilines is 1. The molecule has 6 nitrogen and oxygen atoms in total. The van der Waals surface area contributed by atoms with Gasteiger partial charge in [-0.05, 0) is 79.4 Å². The molecule has 176 valence electrons. The Balaban J connectivity index is 1.97. The SMILES string of the molecule is COc1cc(C)c(/C(O)=C2\C(=O)C(=O)N(c3ccc(Cl)cc3)C2c2ccc(C)o2)cc1C(C)C. The Morgan fingerprint density at radius 2 is 1.76 bits per heavy atom. The zero-order valence-electron chi connectivity index (χ0n) is 19.7. The van der Waals surface area contributed by atoms with E-state index in [2.05, 4.69) is 0 Å². The normalized spacial score (nSPS) is 17.6. The average Bonchev–Trinajstić information content (AvgIpc) is 3.34. The van der Waals surface area contributed by atoms with Gasteiger partial charge in [0.05, 0.1) is 12.7 Å². The largest absolute Gasteiger partial charge is 0.507 e. The number of carbonyl (C=O) groups is 2. The third-order valence-electron chi connectivity index (χ3n) is 6.03.